The van der Waals surface area contributed by atoms with Crippen LogP contribution in [0.4, 0.5) is 0 Å². The quantitative estimate of drug-likeness (QED) is 0.762. The molecule has 11 heteroatoms. The Morgan fingerprint density at radius 2 is 1.91 bits per heavy atom. The van der Waals surface area contributed by atoms with Gasteiger partial charge in [-0.25, -0.2) is 27.5 Å². The van der Waals surface area contributed by atoms with Gasteiger partial charge in [0.25, 0.3) is 15.9 Å². The number of nitrogens with two attached hydrogens (primary N) is 1. The Morgan fingerprint density at radius 1 is 1.26 bits per heavy atom. The molecule has 1 heterocycles. The number of nitrogens with one attached hydrogen (secondary N) is 1. The molecule has 0 radical (unpaired) electrons. The van der Waals surface area contributed by atoms with E-state index in [4.69, 9.17) is 28.3 Å². The van der Waals surface area contributed by atoms with Crippen molar-refractivity contribution in [1.29, 1.82) is 0 Å². The average Bonchev–Trinajstić information content (AvgIpc) is 2.49. The van der Waals surface area contributed by atoms with Gasteiger partial charge >= 0.3 is 0 Å². The molecule has 2 aromatic rings. The van der Waals surface area contributed by atoms with Crippen LogP contribution in [0.15, 0.2) is 46.3 Å². The maximum absolute atomic E-state index is 12.3. The van der Waals surface area contributed by atoms with E-state index in [0.29, 0.717) is 0 Å². The normalized spacial score (nSPS) is 12.7. The Bertz CT molecular complexity index is 903. The molecule has 0 fully saturated rings. The molecule has 7 nitrogen and oxygen atoms in total. The molecule has 1 unspecified atom stereocenters. The molecule has 0 aliphatic carbocycles. The van der Waals surface area contributed by atoms with Crippen molar-refractivity contribution in [1.82, 2.24) is 9.71 Å². The van der Waals surface area contributed by atoms with Gasteiger partial charge in [0.15, 0.2) is 0 Å². The fraction of sp³-hybridized carbons (Fsp3) is 0. The fourth-order valence-electron chi connectivity index (χ4n) is 1.62. The third-order valence-corrected chi connectivity index (χ3v) is 5.63. The topological polar surface area (TPSA) is 119 Å². The highest BCUT2D eigenvalue weighted by atomic mass is 35.5. The van der Waals surface area contributed by atoms with Crippen LogP contribution in [0.1, 0.15) is 10.4 Å². The highest BCUT2D eigenvalue weighted by Crippen LogP contribution is 2.21. The smallest absolute Gasteiger partial charge is 0.266 e. The van der Waals surface area contributed by atoms with Crippen LogP contribution in [-0.2, 0) is 21.0 Å². The Morgan fingerprint density at radius 3 is 2.52 bits per heavy atom. The summed E-state index contributed by atoms with van der Waals surface area (Å²) in [6, 6.07) is 6.54. The molecule has 0 aliphatic heterocycles. The van der Waals surface area contributed by atoms with E-state index in [1.54, 1.807) is 0 Å². The lowest BCUT2D eigenvalue weighted by molar-refractivity contribution is 0.0981. The van der Waals surface area contributed by atoms with Gasteiger partial charge in [0.1, 0.15) is 21.0 Å². The fourth-order valence-corrected chi connectivity index (χ4v) is 4.01. The van der Waals surface area contributed by atoms with Gasteiger partial charge in [0, 0.05) is 6.20 Å². The third-order valence-electron chi connectivity index (χ3n) is 2.64. The first-order chi connectivity index (χ1) is 10.7. The van der Waals surface area contributed by atoms with Crippen LogP contribution in [0.25, 0.3) is 0 Å². The summed E-state index contributed by atoms with van der Waals surface area (Å²) in [5.41, 5.74) is -0.102. The van der Waals surface area contributed by atoms with Crippen LogP contribution in [-0.4, -0.2) is 23.5 Å². The number of amides is 1. The molecular formula is C12H9Cl2N3O4S2. The van der Waals surface area contributed by atoms with Crippen LogP contribution in [0.2, 0.25) is 10.2 Å². The maximum Gasteiger partial charge on any atom is 0.266 e. The molecule has 122 valence electrons. The lowest BCUT2D eigenvalue weighted by atomic mass is 10.3. The van der Waals surface area contributed by atoms with E-state index in [0.717, 1.165) is 6.20 Å². The monoisotopic (exact) mass is 393 g/mol. The summed E-state index contributed by atoms with van der Waals surface area (Å²) in [4.78, 5) is 15.2. The standard InChI is InChI=1S/C12H9Cl2N3O4S2/c13-8-5-7(6-16-11(8)14)12(18)17-23(20,21)10-4-2-1-3-9(10)22(15)19/h1-6H,15H2,(H,17,18). The predicted octanol–water partition coefficient (Wildman–Crippen LogP) is 1.49. The van der Waals surface area contributed by atoms with Crippen LogP contribution in [0.5, 0.6) is 0 Å². The highest BCUT2D eigenvalue weighted by molar-refractivity contribution is 7.91. The number of nitrogens with zero attached hydrogens (tertiary/aromatic N) is 1. The SMILES string of the molecule is NS(=O)c1ccccc1S(=O)(=O)NC(=O)c1cnc(Cl)c(Cl)c1. The van der Waals surface area contributed by atoms with Crippen LogP contribution < -0.4 is 9.86 Å². The molecule has 0 bridgehead atoms. The second-order valence-corrected chi connectivity index (χ2v) is 7.63. The lowest BCUT2D eigenvalue weighted by Crippen LogP contribution is -2.31. The number of rotatable bonds is 4. The first-order valence-electron chi connectivity index (χ1n) is 5.86. The van der Waals surface area contributed by atoms with Crippen LogP contribution in [0.3, 0.4) is 0 Å². The number of hydrogen-bond donors (Lipinski definition) is 2. The zero-order chi connectivity index (χ0) is 17.2. The number of aromatic nitrogens is 1. The van der Waals surface area contributed by atoms with E-state index in [-0.39, 0.29) is 25.5 Å². The minimum atomic E-state index is -4.28. The van der Waals surface area contributed by atoms with Gasteiger partial charge in [-0.2, -0.15) is 0 Å². The third kappa shape index (κ3) is 4.06. The molecule has 1 aromatic heterocycles. The minimum absolute atomic E-state index is 0.000164. The number of benzene rings is 1. The largest absolute Gasteiger partial charge is 0.268 e. The molecule has 2 rings (SSSR count). The van der Waals surface area contributed by atoms with Gasteiger partial charge in [-0.1, -0.05) is 35.3 Å². The molecule has 23 heavy (non-hydrogen) atoms. The van der Waals surface area contributed by atoms with Gasteiger partial charge < -0.3 is 0 Å². The summed E-state index contributed by atoms with van der Waals surface area (Å²) >= 11 is 11.4. The van der Waals surface area contributed by atoms with E-state index < -0.39 is 26.9 Å². The Balaban J connectivity index is 2.37. The number of carbonyl (C=O) groups is 1. The van der Waals surface area contributed by atoms with Gasteiger partial charge in [-0.15, -0.1) is 0 Å². The van der Waals surface area contributed by atoms with Crippen molar-refractivity contribution in [2.24, 2.45) is 5.14 Å². The van der Waals surface area contributed by atoms with Gasteiger partial charge in [-0.05, 0) is 18.2 Å². The summed E-state index contributed by atoms with van der Waals surface area (Å²) in [6.45, 7) is 0. The summed E-state index contributed by atoms with van der Waals surface area (Å²) < 4.78 is 37.8. The number of carbonyl (C=O) groups excluding carboxylic acids is 1. The van der Waals surface area contributed by atoms with Crippen LogP contribution >= 0.6 is 23.2 Å². The van der Waals surface area contributed by atoms with Crippen molar-refractivity contribution in [2.45, 2.75) is 9.79 Å². The summed E-state index contributed by atoms with van der Waals surface area (Å²) in [7, 11) is -6.32. The average molecular weight is 394 g/mol. The highest BCUT2D eigenvalue weighted by Gasteiger charge is 2.23. The van der Waals surface area contributed by atoms with E-state index in [1.165, 1.54) is 30.3 Å². The number of halogens is 2. The second-order valence-electron chi connectivity index (χ2n) is 4.18. The second kappa shape index (κ2) is 6.93. The zero-order valence-corrected chi connectivity index (χ0v) is 14.3. The van der Waals surface area contributed by atoms with Crippen molar-refractivity contribution < 1.29 is 17.4 Å². The van der Waals surface area contributed by atoms with Crippen molar-refractivity contribution >= 4 is 50.1 Å². The maximum atomic E-state index is 12.3. The Hall–Kier alpha value is -1.52. The number of sulfonamides is 1. The first kappa shape index (κ1) is 17.8. The number of hydrogen-bond acceptors (Lipinski definition) is 5. The van der Waals surface area contributed by atoms with Gasteiger partial charge in [0.05, 0.1) is 15.5 Å². The summed E-state index contributed by atoms with van der Waals surface area (Å²) in [5.74, 6) is -0.964. The molecule has 0 saturated heterocycles. The molecule has 1 aromatic carbocycles. The van der Waals surface area contributed by atoms with Crippen molar-refractivity contribution in [3.8, 4) is 0 Å². The Kier molecular flexibility index (Phi) is 5.37. The molecular weight excluding hydrogens is 385 g/mol. The van der Waals surface area contributed by atoms with Crippen molar-refractivity contribution in [3.63, 3.8) is 0 Å². The van der Waals surface area contributed by atoms with Crippen molar-refractivity contribution in [3.05, 3.63) is 52.3 Å². The zero-order valence-electron chi connectivity index (χ0n) is 11.2. The molecule has 1 atom stereocenters. The molecule has 1 amide bonds. The minimum Gasteiger partial charge on any atom is -0.268 e. The summed E-state index contributed by atoms with van der Waals surface area (Å²) in [6.07, 6.45) is 1.08. The van der Waals surface area contributed by atoms with E-state index in [1.807, 2.05) is 4.72 Å². The Labute approximate surface area is 144 Å². The van der Waals surface area contributed by atoms with Gasteiger partial charge in [0.2, 0.25) is 0 Å². The predicted molar refractivity (Wildman–Crippen MR) is 85.9 cm³/mol. The molecule has 0 saturated carbocycles. The lowest BCUT2D eigenvalue weighted by Gasteiger charge is -2.10. The molecule has 0 spiro atoms. The van der Waals surface area contributed by atoms with Crippen molar-refractivity contribution in [2.75, 3.05) is 0 Å². The van der Waals surface area contributed by atoms with E-state index in [9.17, 15) is 17.4 Å². The number of pyridine rings is 1. The van der Waals surface area contributed by atoms with Gasteiger partial charge in [-0.3, -0.25) is 4.79 Å². The van der Waals surface area contributed by atoms with E-state index in [2.05, 4.69) is 4.98 Å². The molecule has 0 aliphatic rings. The van der Waals surface area contributed by atoms with Crippen LogP contribution in [0, 0.1) is 0 Å². The molecule has 3 N–H and O–H groups in total. The summed E-state index contributed by atoms with van der Waals surface area (Å²) in [5, 5.41) is 5.22. The van der Waals surface area contributed by atoms with E-state index >= 15 is 0 Å². The first-order valence-corrected chi connectivity index (χ1v) is 9.31.